The highest BCUT2D eigenvalue weighted by molar-refractivity contribution is 5.94. The van der Waals surface area contributed by atoms with Crippen molar-refractivity contribution in [2.45, 2.75) is 105 Å². The van der Waals surface area contributed by atoms with Crippen LogP contribution in [0.2, 0.25) is 0 Å². The molecule has 6 heteroatoms. The van der Waals surface area contributed by atoms with E-state index in [1.165, 1.54) is 0 Å². The largest absolute Gasteiger partial charge is 0.481 e. The predicted octanol–water partition coefficient (Wildman–Crippen LogP) is 3.16. The van der Waals surface area contributed by atoms with E-state index in [0.717, 1.165) is 6.42 Å². The number of hydrogen-bond donors (Lipinski definition) is 4. The van der Waals surface area contributed by atoms with Gasteiger partial charge >= 0.3 is 5.97 Å². The van der Waals surface area contributed by atoms with Crippen LogP contribution in [0.3, 0.4) is 0 Å². The van der Waals surface area contributed by atoms with Crippen molar-refractivity contribution in [3.63, 3.8) is 0 Å². The minimum Gasteiger partial charge on any atom is -0.481 e. The van der Waals surface area contributed by atoms with Gasteiger partial charge in [0.05, 0.1) is 16.8 Å². The molecule has 0 aliphatic heterocycles. The number of rotatable bonds is 4. The summed E-state index contributed by atoms with van der Waals surface area (Å²) in [4.78, 5) is 20.3. The number of aliphatic hydroxyl groups is 3. The lowest BCUT2D eigenvalue weighted by Crippen LogP contribution is -2.10. The molecule has 0 atom stereocenters. The summed E-state index contributed by atoms with van der Waals surface area (Å²) in [7, 11) is 0. The van der Waals surface area contributed by atoms with E-state index < -0.39 is 22.8 Å². The number of carboxylic acids is 1. The second-order valence-electron chi connectivity index (χ2n) is 8.37. The Bertz CT molecular complexity index is 269. The molecule has 0 aliphatic carbocycles. The molecule has 0 unspecified atom stereocenters. The molecule has 0 radical (unpaired) electrons. The number of Topliss-reactive ketones (excluding diaryl/α,β-unsaturated/α-hetero) is 1. The Kier molecular flexibility index (Phi) is 18.5. The van der Waals surface area contributed by atoms with Crippen LogP contribution >= 0.6 is 0 Å². The molecule has 0 fully saturated rings. The van der Waals surface area contributed by atoms with Crippen molar-refractivity contribution < 1.29 is 30.0 Å². The van der Waals surface area contributed by atoms with Crippen LogP contribution in [-0.2, 0) is 9.59 Å². The van der Waals surface area contributed by atoms with Gasteiger partial charge in [-0.25, -0.2) is 0 Å². The summed E-state index contributed by atoms with van der Waals surface area (Å²) >= 11 is 0. The second-order valence-corrected chi connectivity index (χ2v) is 8.37. The predicted molar refractivity (Wildman–Crippen MR) is 98.1 cm³/mol. The van der Waals surface area contributed by atoms with Crippen molar-refractivity contribution in [3.8, 4) is 0 Å². The number of carbonyl (C=O) groups is 2. The van der Waals surface area contributed by atoms with Gasteiger partial charge in [0.15, 0.2) is 0 Å². The maximum Gasteiger partial charge on any atom is 0.310 e. The standard InChI is InChI=1S/C6H10O3.3C4H10O/c1-2-3-5(7)4-6(8)9;3*1-4(2,3)5/h2-4H2,1H3,(H,8,9);3*5H,1-3H3. The fourth-order valence-electron chi connectivity index (χ4n) is 0.536. The highest BCUT2D eigenvalue weighted by Crippen LogP contribution is 1.94. The van der Waals surface area contributed by atoms with Gasteiger partial charge in [-0.3, -0.25) is 9.59 Å². The molecule has 0 aromatic rings. The molecular weight excluding hydrogens is 312 g/mol. The third-order valence-corrected chi connectivity index (χ3v) is 0.877. The van der Waals surface area contributed by atoms with Crippen LogP contribution in [-0.4, -0.2) is 49.0 Å². The molecule has 0 saturated carbocycles. The van der Waals surface area contributed by atoms with E-state index in [1.807, 2.05) is 6.92 Å². The second kappa shape index (κ2) is 14.4. The molecule has 0 aromatic carbocycles. The van der Waals surface area contributed by atoms with E-state index in [1.54, 1.807) is 62.3 Å². The molecule has 0 aliphatic rings. The van der Waals surface area contributed by atoms with Crippen LogP contribution in [0.25, 0.3) is 0 Å². The third-order valence-electron chi connectivity index (χ3n) is 0.877. The molecule has 0 bridgehead atoms. The molecule has 0 heterocycles. The summed E-state index contributed by atoms with van der Waals surface area (Å²) in [6, 6.07) is 0. The zero-order chi connectivity index (χ0) is 20.8. The summed E-state index contributed by atoms with van der Waals surface area (Å²) in [6.07, 6.45) is 0.784. The fourth-order valence-corrected chi connectivity index (χ4v) is 0.536. The van der Waals surface area contributed by atoms with Gasteiger partial charge in [-0.15, -0.1) is 0 Å². The van der Waals surface area contributed by atoms with Gasteiger partial charge in [-0.2, -0.15) is 0 Å². The summed E-state index contributed by atoms with van der Waals surface area (Å²) in [6.45, 7) is 17.5. The lowest BCUT2D eigenvalue weighted by molar-refractivity contribution is -0.140. The topological polar surface area (TPSA) is 115 Å². The molecule has 0 aromatic heterocycles. The number of carbonyl (C=O) groups excluding carboxylic acids is 1. The van der Waals surface area contributed by atoms with Crippen LogP contribution < -0.4 is 0 Å². The van der Waals surface area contributed by atoms with E-state index in [9.17, 15) is 9.59 Å². The maximum absolute atomic E-state index is 10.5. The summed E-state index contributed by atoms with van der Waals surface area (Å²) in [5.41, 5.74) is -1.50. The monoisotopic (exact) mass is 352 g/mol. The third kappa shape index (κ3) is 232. The lowest BCUT2D eigenvalue weighted by atomic mass is 10.2. The van der Waals surface area contributed by atoms with Crippen molar-refractivity contribution in [2.75, 3.05) is 0 Å². The lowest BCUT2D eigenvalue weighted by Gasteiger charge is -2.04. The van der Waals surface area contributed by atoms with Crippen molar-refractivity contribution in [3.05, 3.63) is 0 Å². The first-order valence-electron chi connectivity index (χ1n) is 8.07. The summed E-state index contributed by atoms with van der Waals surface area (Å²) < 4.78 is 0. The Hall–Kier alpha value is -0.980. The zero-order valence-electron chi connectivity index (χ0n) is 17.2. The van der Waals surface area contributed by atoms with E-state index in [2.05, 4.69) is 0 Å². The normalized spacial score (nSPS) is 10.9. The summed E-state index contributed by atoms with van der Waals surface area (Å²) in [5.74, 6) is -1.22. The van der Waals surface area contributed by atoms with E-state index in [-0.39, 0.29) is 12.2 Å². The maximum atomic E-state index is 10.5. The first-order valence-corrected chi connectivity index (χ1v) is 8.07. The fraction of sp³-hybridized carbons (Fsp3) is 0.889. The molecular formula is C18H40O6. The zero-order valence-corrected chi connectivity index (χ0v) is 17.2. The van der Waals surface area contributed by atoms with E-state index in [4.69, 9.17) is 20.4 Å². The van der Waals surface area contributed by atoms with Crippen LogP contribution in [0.4, 0.5) is 0 Å². The Labute approximate surface area is 147 Å². The number of aliphatic carboxylic acids is 1. The van der Waals surface area contributed by atoms with Gasteiger partial charge in [0, 0.05) is 6.42 Å². The Balaban J connectivity index is -0.000000116. The first-order chi connectivity index (χ1) is 10.2. The molecule has 0 saturated heterocycles. The number of hydrogen-bond acceptors (Lipinski definition) is 5. The van der Waals surface area contributed by atoms with Gasteiger partial charge in [0.1, 0.15) is 12.2 Å². The highest BCUT2D eigenvalue weighted by atomic mass is 16.4. The average molecular weight is 353 g/mol. The van der Waals surface area contributed by atoms with Crippen LogP contribution in [0.5, 0.6) is 0 Å². The van der Waals surface area contributed by atoms with Gasteiger partial charge in [0.2, 0.25) is 0 Å². The van der Waals surface area contributed by atoms with E-state index >= 15 is 0 Å². The molecule has 6 nitrogen and oxygen atoms in total. The Morgan fingerprint density at radius 3 is 1.04 bits per heavy atom. The van der Waals surface area contributed by atoms with Crippen LogP contribution in [0, 0.1) is 0 Å². The van der Waals surface area contributed by atoms with Gasteiger partial charge in [0.25, 0.3) is 0 Å². The SMILES string of the molecule is CC(C)(C)O.CC(C)(C)O.CC(C)(C)O.CCCC(=O)CC(=O)O. The van der Waals surface area contributed by atoms with Crippen molar-refractivity contribution in [1.82, 2.24) is 0 Å². The Morgan fingerprint density at radius 2 is 0.917 bits per heavy atom. The van der Waals surface area contributed by atoms with Crippen LogP contribution in [0.15, 0.2) is 0 Å². The quantitative estimate of drug-likeness (QED) is 0.578. The first kappa shape index (κ1) is 30.9. The van der Waals surface area contributed by atoms with Gasteiger partial charge in [-0.05, 0) is 68.7 Å². The van der Waals surface area contributed by atoms with Crippen molar-refractivity contribution in [2.24, 2.45) is 0 Å². The highest BCUT2D eigenvalue weighted by Gasteiger charge is 2.04. The van der Waals surface area contributed by atoms with Gasteiger partial charge < -0.3 is 20.4 Å². The summed E-state index contributed by atoms with van der Waals surface area (Å²) in [5, 5.41) is 33.7. The smallest absolute Gasteiger partial charge is 0.310 e. The molecule has 0 rings (SSSR count). The van der Waals surface area contributed by atoms with E-state index in [0.29, 0.717) is 6.42 Å². The van der Waals surface area contributed by atoms with Crippen molar-refractivity contribution >= 4 is 11.8 Å². The molecule has 0 spiro atoms. The molecule has 4 N–H and O–H groups in total. The van der Waals surface area contributed by atoms with Gasteiger partial charge in [-0.1, -0.05) is 6.92 Å². The molecule has 0 amide bonds. The van der Waals surface area contributed by atoms with Crippen molar-refractivity contribution in [1.29, 1.82) is 0 Å². The number of carboxylic acid groups (broad SMARTS) is 1. The minimum absolute atomic E-state index is 0.190. The average Bonchev–Trinajstić information content (AvgIpc) is 2.06. The minimum atomic E-state index is -1.03. The number of ketones is 1. The Morgan fingerprint density at radius 1 is 0.708 bits per heavy atom. The molecule has 24 heavy (non-hydrogen) atoms. The van der Waals surface area contributed by atoms with Crippen LogP contribution in [0.1, 0.15) is 88.5 Å². The molecule has 148 valence electrons.